The fourth-order valence-electron chi connectivity index (χ4n) is 3.99. The molecule has 0 saturated heterocycles. The number of nitrogens with zero attached hydrogens (tertiary/aromatic N) is 1. The average Bonchev–Trinajstić information content (AvgIpc) is 2.97. The van der Waals surface area contributed by atoms with Crippen LogP contribution in [0.5, 0.6) is 5.75 Å². The minimum Gasteiger partial charge on any atom is -0.496 e. The van der Waals surface area contributed by atoms with Crippen molar-refractivity contribution in [2.24, 2.45) is 0 Å². The molecule has 1 N–H and O–H groups in total. The van der Waals surface area contributed by atoms with Crippen molar-refractivity contribution < 1.29 is 19.4 Å². The Morgan fingerprint density at radius 3 is 2.43 bits per heavy atom. The van der Waals surface area contributed by atoms with Crippen LogP contribution in [0.3, 0.4) is 0 Å². The van der Waals surface area contributed by atoms with Gasteiger partial charge in [0.05, 0.1) is 31.3 Å². The van der Waals surface area contributed by atoms with E-state index in [4.69, 9.17) is 4.74 Å². The van der Waals surface area contributed by atoms with E-state index in [9.17, 15) is 14.7 Å². The zero-order valence-electron chi connectivity index (χ0n) is 17.0. The van der Waals surface area contributed by atoms with Gasteiger partial charge in [-0.1, -0.05) is 54.6 Å². The molecule has 0 spiro atoms. The van der Waals surface area contributed by atoms with E-state index in [1.54, 1.807) is 47.4 Å². The number of ether oxygens (including phenoxy) is 1. The fourth-order valence-corrected chi connectivity index (χ4v) is 3.99. The Morgan fingerprint density at radius 1 is 1.00 bits per heavy atom. The zero-order valence-corrected chi connectivity index (χ0v) is 17.0. The van der Waals surface area contributed by atoms with Crippen molar-refractivity contribution in [3.63, 3.8) is 0 Å². The second-order valence-electron chi connectivity index (χ2n) is 7.50. The number of benzene rings is 3. The standard InChI is InChI=1S/C25H23NO4/c1-17-9-3-4-10-18(17)16-26-21-13-7-6-12-20(21)25(29,24(26)28)15-22(27)19-11-5-8-14-23(19)30-2/h3-14,29H,15-16H2,1-2H3/t25-/m0/s1. The second-order valence-corrected chi connectivity index (χ2v) is 7.50. The molecule has 1 aliphatic heterocycles. The first-order chi connectivity index (χ1) is 14.5. The molecule has 1 aliphatic rings. The SMILES string of the molecule is COc1ccccc1C(=O)C[C@@]1(O)C(=O)N(Cc2ccccc2C)c2ccccc21. The highest BCUT2D eigenvalue weighted by atomic mass is 16.5. The summed E-state index contributed by atoms with van der Waals surface area (Å²) in [6.45, 7) is 2.31. The number of anilines is 1. The third kappa shape index (κ3) is 3.27. The monoisotopic (exact) mass is 401 g/mol. The predicted octanol–water partition coefficient (Wildman–Crippen LogP) is 4.01. The van der Waals surface area contributed by atoms with Gasteiger partial charge in [0.1, 0.15) is 5.75 Å². The van der Waals surface area contributed by atoms with Crippen molar-refractivity contribution >= 4 is 17.4 Å². The van der Waals surface area contributed by atoms with Gasteiger partial charge >= 0.3 is 0 Å². The van der Waals surface area contributed by atoms with Gasteiger partial charge in [-0.05, 0) is 36.2 Å². The molecule has 5 nitrogen and oxygen atoms in total. The Hall–Kier alpha value is -3.44. The Balaban J connectivity index is 1.70. The van der Waals surface area contributed by atoms with Gasteiger partial charge in [0.25, 0.3) is 5.91 Å². The lowest BCUT2D eigenvalue weighted by Gasteiger charge is -2.23. The highest BCUT2D eigenvalue weighted by molar-refractivity contribution is 6.11. The van der Waals surface area contributed by atoms with Gasteiger partial charge in [0, 0.05) is 5.56 Å². The molecule has 3 aromatic carbocycles. The average molecular weight is 401 g/mol. The first-order valence-electron chi connectivity index (χ1n) is 9.80. The molecule has 1 heterocycles. The quantitative estimate of drug-likeness (QED) is 0.634. The Morgan fingerprint density at radius 2 is 1.67 bits per heavy atom. The summed E-state index contributed by atoms with van der Waals surface area (Å²) in [5.74, 6) is -0.423. The van der Waals surface area contributed by atoms with Crippen LogP contribution >= 0.6 is 0 Å². The van der Waals surface area contributed by atoms with Gasteiger partial charge in [0.2, 0.25) is 0 Å². The number of hydrogen-bond donors (Lipinski definition) is 1. The van der Waals surface area contributed by atoms with E-state index in [1.807, 2.05) is 37.3 Å². The summed E-state index contributed by atoms with van der Waals surface area (Å²) in [6.07, 6.45) is -0.354. The minimum atomic E-state index is -1.92. The molecular formula is C25H23NO4. The first kappa shape index (κ1) is 19.9. The van der Waals surface area contributed by atoms with E-state index >= 15 is 0 Å². The third-order valence-corrected chi connectivity index (χ3v) is 5.65. The highest BCUT2D eigenvalue weighted by Gasteiger charge is 2.51. The van der Waals surface area contributed by atoms with Gasteiger partial charge in [0.15, 0.2) is 11.4 Å². The summed E-state index contributed by atoms with van der Waals surface area (Å²) in [4.78, 5) is 28.0. The molecule has 1 amide bonds. The van der Waals surface area contributed by atoms with E-state index in [-0.39, 0.29) is 12.2 Å². The third-order valence-electron chi connectivity index (χ3n) is 5.65. The molecule has 3 aromatic rings. The number of hydrogen-bond acceptors (Lipinski definition) is 4. The van der Waals surface area contributed by atoms with Gasteiger partial charge in [-0.2, -0.15) is 0 Å². The number of para-hydroxylation sites is 2. The van der Waals surface area contributed by atoms with Crippen LogP contribution in [-0.4, -0.2) is 23.9 Å². The van der Waals surface area contributed by atoms with Crippen molar-refractivity contribution in [2.75, 3.05) is 12.0 Å². The molecule has 152 valence electrons. The Kier molecular flexibility index (Phi) is 5.14. The van der Waals surface area contributed by atoms with Crippen LogP contribution in [0.1, 0.15) is 33.5 Å². The van der Waals surface area contributed by atoms with E-state index in [0.717, 1.165) is 11.1 Å². The highest BCUT2D eigenvalue weighted by Crippen LogP contribution is 2.44. The molecule has 5 heteroatoms. The van der Waals surface area contributed by atoms with Crippen molar-refractivity contribution in [1.82, 2.24) is 0 Å². The van der Waals surface area contributed by atoms with E-state index in [0.29, 0.717) is 29.1 Å². The number of aryl methyl sites for hydroxylation is 1. The summed E-state index contributed by atoms with van der Waals surface area (Å²) >= 11 is 0. The number of fused-ring (bicyclic) bond motifs is 1. The minimum absolute atomic E-state index is 0.327. The number of amides is 1. The maximum absolute atomic E-state index is 13.4. The van der Waals surface area contributed by atoms with Gasteiger partial charge in [-0.3, -0.25) is 9.59 Å². The molecule has 0 aromatic heterocycles. The molecule has 0 fully saturated rings. The van der Waals surface area contributed by atoms with Crippen LogP contribution in [0.15, 0.2) is 72.8 Å². The number of carbonyl (C=O) groups excluding carboxylic acids is 2. The van der Waals surface area contributed by atoms with Crippen LogP contribution in [0, 0.1) is 6.92 Å². The Bertz CT molecular complexity index is 1120. The zero-order chi connectivity index (χ0) is 21.3. The summed E-state index contributed by atoms with van der Waals surface area (Å²) in [5.41, 5.74) is 1.55. The number of methoxy groups -OCH3 is 1. The maximum atomic E-state index is 13.4. The predicted molar refractivity (Wildman–Crippen MR) is 115 cm³/mol. The molecular weight excluding hydrogens is 378 g/mol. The topological polar surface area (TPSA) is 66.8 Å². The number of Topliss-reactive ketones (excluding diaryl/α,β-unsaturated/α-hetero) is 1. The molecule has 0 saturated carbocycles. The number of ketones is 1. The molecule has 0 aliphatic carbocycles. The lowest BCUT2D eigenvalue weighted by atomic mass is 9.88. The van der Waals surface area contributed by atoms with Crippen molar-refractivity contribution in [1.29, 1.82) is 0 Å². The number of aliphatic hydroxyl groups is 1. The van der Waals surface area contributed by atoms with E-state index in [2.05, 4.69) is 0 Å². The smallest absolute Gasteiger partial charge is 0.264 e. The van der Waals surface area contributed by atoms with E-state index < -0.39 is 11.5 Å². The molecule has 0 unspecified atom stereocenters. The summed E-state index contributed by atoms with van der Waals surface area (Å²) in [6, 6.07) is 21.7. The molecule has 0 radical (unpaired) electrons. The van der Waals surface area contributed by atoms with Crippen molar-refractivity contribution in [3.05, 3.63) is 95.1 Å². The summed E-state index contributed by atoms with van der Waals surface area (Å²) < 4.78 is 5.28. The molecule has 4 rings (SSSR count). The number of carbonyl (C=O) groups is 2. The maximum Gasteiger partial charge on any atom is 0.264 e. The summed E-state index contributed by atoms with van der Waals surface area (Å²) in [7, 11) is 1.49. The Labute approximate surface area is 175 Å². The molecule has 1 atom stereocenters. The van der Waals surface area contributed by atoms with Gasteiger partial charge < -0.3 is 14.7 Å². The van der Waals surface area contributed by atoms with Crippen LogP contribution < -0.4 is 9.64 Å². The van der Waals surface area contributed by atoms with Crippen LogP contribution in [0.25, 0.3) is 0 Å². The lowest BCUT2D eigenvalue weighted by molar-refractivity contribution is -0.136. The van der Waals surface area contributed by atoms with E-state index in [1.165, 1.54) is 7.11 Å². The van der Waals surface area contributed by atoms with Crippen molar-refractivity contribution in [2.45, 2.75) is 25.5 Å². The fraction of sp³-hybridized carbons (Fsp3) is 0.200. The number of rotatable bonds is 6. The summed E-state index contributed by atoms with van der Waals surface area (Å²) in [5, 5.41) is 11.5. The second kappa shape index (κ2) is 7.76. The first-order valence-corrected chi connectivity index (χ1v) is 9.80. The van der Waals surface area contributed by atoms with Crippen LogP contribution in [-0.2, 0) is 16.9 Å². The van der Waals surface area contributed by atoms with Gasteiger partial charge in [-0.25, -0.2) is 0 Å². The molecule has 30 heavy (non-hydrogen) atoms. The normalized spacial score (nSPS) is 17.7. The van der Waals surface area contributed by atoms with Gasteiger partial charge in [-0.15, -0.1) is 0 Å². The lowest BCUT2D eigenvalue weighted by Crippen LogP contribution is -2.41. The largest absolute Gasteiger partial charge is 0.496 e. The van der Waals surface area contributed by atoms with Crippen LogP contribution in [0.2, 0.25) is 0 Å². The van der Waals surface area contributed by atoms with Crippen LogP contribution in [0.4, 0.5) is 5.69 Å². The van der Waals surface area contributed by atoms with Crippen molar-refractivity contribution in [3.8, 4) is 5.75 Å². The molecule has 0 bridgehead atoms.